The highest BCUT2D eigenvalue weighted by Gasteiger charge is 2.07. The van der Waals surface area contributed by atoms with E-state index in [1.807, 2.05) is 24.3 Å². The Kier molecular flexibility index (Phi) is 7.06. The summed E-state index contributed by atoms with van der Waals surface area (Å²) in [6, 6.07) is 7.91. The van der Waals surface area contributed by atoms with E-state index in [2.05, 4.69) is 5.32 Å². The Morgan fingerprint density at radius 2 is 1.94 bits per heavy atom. The minimum Gasteiger partial charge on any atom is -0.469 e. The van der Waals surface area contributed by atoms with Gasteiger partial charge < -0.3 is 14.8 Å². The molecular weight excluding hydrogens is 230 g/mol. The number of nitrogens with one attached hydrogen (secondary N) is 1. The van der Waals surface area contributed by atoms with Gasteiger partial charge in [-0.3, -0.25) is 4.79 Å². The van der Waals surface area contributed by atoms with Crippen LogP contribution in [0.5, 0.6) is 0 Å². The van der Waals surface area contributed by atoms with Gasteiger partial charge in [-0.05, 0) is 24.1 Å². The van der Waals surface area contributed by atoms with Gasteiger partial charge in [0.25, 0.3) is 0 Å². The highest BCUT2D eigenvalue weighted by Crippen LogP contribution is 2.10. The molecule has 1 aromatic carbocycles. The van der Waals surface area contributed by atoms with Gasteiger partial charge in [-0.1, -0.05) is 24.3 Å². The van der Waals surface area contributed by atoms with Crippen molar-refractivity contribution in [3.8, 4) is 0 Å². The zero-order valence-corrected chi connectivity index (χ0v) is 11.1. The van der Waals surface area contributed by atoms with Crippen LogP contribution in [-0.2, 0) is 27.2 Å². The Balaban J connectivity index is 2.46. The molecule has 0 aliphatic carbocycles. The first-order chi connectivity index (χ1) is 8.77. The number of rotatable bonds is 8. The first-order valence-electron chi connectivity index (χ1n) is 6.11. The highest BCUT2D eigenvalue weighted by atomic mass is 16.5. The predicted octanol–water partition coefficient (Wildman–Crippen LogP) is 1.53. The van der Waals surface area contributed by atoms with Crippen molar-refractivity contribution < 1.29 is 14.3 Å². The van der Waals surface area contributed by atoms with Crippen molar-refractivity contribution >= 4 is 5.97 Å². The van der Waals surface area contributed by atoms with Gasteiger partial charge in [0, 0.05) is 20.3 Å². The molecule has 4 nitrogen and oxygen atoms in total. The summed E-state index contributed by atoms with van der Waals surface area (Å²) in [7, 11) is 3.11. The van der Waals surface area contributed by atoms with E-state index in [0.717, 1.165) is 37.2 Å². The van der Waals surface area contributed by atoms with E-state index in [9.17, 15) is 4.79 Å². The molecule has 18 heavy (non-hydrogen) atoms. The first kappa shape index (κ1) is 14.7. The van der Waals surface area contributed by atoms with Crippen molar-refractivity contribution in [3.05, 3.63) is 35.4 Å². The average molecular weight is 251 g/mol. The van der Waals surface area contributed by atoms with Crippen LogP contribution in [0.25, 0.3) is 0 Å². The monoisotopic (exact) mass is 251 g/mol. The average Bonchev–Trinajstić information content (AvgIpc) is 2.40. The van der Waals surface area contributed by atoms with Gasteiger partial charge in [0.05, 0.1) is 13.5 Å². The smallest absolute Gasteiger partial charge is 0.309 e. The number of ether oxygens (including phenoxy) is 2. The summed E-state index contributed by atoms with van der Waals surface area (Å²) in [6.07, 6.45) is 1.31. The summed E-state index contributed by atoms with van der Waals surface area (Å²) in [4.78, 5) is 11.3. The van der Waals surface area contributed by atoms with Gasteiger partial charge >= 0.3 is 5.97 Å². The molecule has 0 heterocycles. The van der Waals surface area contributed by atoms with E-state index in [1.165, 1.54) is 7.11 Å². The fourth-order valence-corrected chi connectivity index (χ4v) is 1.69. The molecule has 0 aliphatic rings. The topological polar surface area (TPSA) is 47.6 Å². The highest BCUT2D eigenvalue weighted by molar-refractivity contribution is 5.72. The molecule has 0 saturated carbocycles. The maximum absolute atomic E-state index is 11.3. The molecule has 0 saturated heterocycles. The van der Waals surface area contributed by atoms with Crippen LogP contribution < -0.4 is 5.32 Å². The molecule has 100 valence electrons. The lowest BCUT2D eigenvalue weighted by molar-refractivity contribution is -0.139. The van der Waals surface area contributed by atoms with E-state index >= 15 is 0 Å². The van der Waals surface area contributed by atoms with Crippen LogP contribution in [-0.4, -0.2) is 33.3 Å². The second-order valence-electron chi connectivity index (χ2n) is 4.04. The Morgan fingerprint density at radius 1 is 1.22 bits per heavy atom. The fraction of sp³-hybridized carbons (Fsp3) is 0.500. The molecule has 1 rings (SSSR count). The second-order valence-corrected chi connectivity index (χ2v) is 4.04. The summed E-state index contributed by atoms with van der Waals surface area (Å²) in [5.74, 6) is -0.207. The van der Waals surface area contributed by atoms with Crippen molar-refractivity contribution in [3.63, 3.8) is 0 Å². The van der Waals surface area contributed by atoms with E-state index in [-0.39, 0.29) is 5.97 Å². The van der Waals surface area contributed by atoms with E-state index < -0.39 is 0 Å². The molecule has 0 fully saturated rings. The zero-order valence-electron chi connectivity index (χ0n) is 11.1. The molecule has 0 aliphatic heterocycles. The number of esters is 1. The second kappa shape index (κ2) is 8.66. The van der Waals surface area contributed by atoms with Gasteiger partial charge in [-0.2, -0.15) is 0 Å². The summed E-state index contributed by atoms with van der Waals surface area (Å²) < 4.78 is 9.67. The number of hydrogen-bond donors (Lipinski definition) is 1. The summed E-state index contributed by atoms with van der Waals surface area (Å²) in [6.45, 7) is 2.42. The minimum atomic E-state index is -0.207. The van der Waals surface area contributed by atoms with Crippen LogP contribution in [0.2, 0.25) is 0 Å². The number of methoxy groups -OCH3 is 2. The molecule has 0 spiro atoms. The van der Waals surface area contributed by atoms with Gasteiger partial charge in [0.1, 0.15) is 0 Å². The SMILES string of the molecule is COCCCNCc1ccccc1CC(=O)OC. The van der Waals surface area contributed by atoms with Gasteiger partial charge in [-0.25, -0.2) is 0 Å². The van der Waals surface area contributed by atoms with Crippen LogP contribution in [0.3, 0.4) is 0 Å². The molecular formula is C14H21NO3. The van der Waals surface area contributed by atoms with Crippen LogP contribution in [0.15, 0.2) is 24.3 Å². The van der Waals surface area contributed by atoms with Crippen LogP contribution in [0, 0.1) is 0 Å². The molecule has 0 radical (unpaired) electrons. The lowest BCUT2D eigenvalue weighted by Gasteiger charge is -2.09. The normalized spacial score (nSPS) is 10.3. The Morgan fingerprint density at radius 3 is 2.61 bits per heavy atom. The third-order valence-corrected chi connectivity index (χ3v) is 2.70. The Bertz CT molecular complexity index is 366. The van der Waals surface area contributed by atoms with Crippen molar-refractivity contribution in [1.29, 1.82) is 0 Å². The maximum atomic E-state index is 11.3. The molecule has 1 aromatic rings. The summed E-state index contributed by atoms with van der Waals surface area (Å²) in [5, 5.41) is 3.34. The van der Waals surface area contributed by atoms with E-state index in [4.69, 9.17) is 9.47 Å². The van der Waals surface area contributed by atoms with Crippen molar-refractivity contribution in [2.75, 3.05) is 27.4 Å². The maximum Gasteiger partial charge on any atom is 0.309 e. The number of hydrogen-bond acceptors (Lipinski definition) is 4. The van der Waals surface area contributed by atoms with E-state index in [1.54, 1.807) is 7.11 Å². The quantitative estimate of drug-likeness (QED) is 0.562. The van der Waals surface area contributed by atoms with E-state index in [0.29, 0.717) is 6.42 Å². The lowest BCUT2D eigenvalue weighted by Crippen LogP contribution is -2.18. The number of carbonyl (C=O) groups is 1. The lowest BCUT2D eigenvalue weighted by atomic mass is 10.0. The van der Waals surface area contributed by atoms with Crippen molar-refractivity contribution in [2.24, 2.45) is 0 Å². The number of benzene rings is 1. The minimum absolute atomic E-state index is 0.207. The van der Waals surface area contributed by atoms with Crippen LogP contribution in [0.1, 0.15) is 17.5 Å². The fourth-order valence-electron chi connectivity index (χ4n) is 1.69. The third kappa shape index (κ3) is 5.29. The zero-order chi connectivity index (χ0) is 13.2. The Labute approximate surface area is 108 Å². The van der Waals surface area contributed by atoms with Crippen LogP contribution >= 0.6 is 0 Å². The Hall–Kier alpha value is -1.39. The summed E-state index contributed by atoms with van der Waals surface area (Å²) >= 11 is 0. The first-order valence-corrected chi connectivity index (χ1v) is 6.11. The predicted molar refractivity (Wildman–Crippen MR) is 70.4 cm³/mol. The molecule has 0 aromatic heterocycles. The molecule has 1 N–H and O–H groups in total. The molecule has 0 amide bonds. The van der Waals surface area contributed by atoms with Crippen molar-refractivity contribution in [2.45, 2.75) is 19.4 Å². The third-order valence-electron chi connectivity index (χ3n) is 2.70. The molecule has 0 bridgehead atoms. The molecule has 0 unspecified atom stereocenters. The largest absolute Gasteiger partial charge is 0.469 e. The van der Waals surface area contributed by atoms with Gasteiger partial charge in [-0.15, -0.1) is 0 Å². The van der Waals surface area contributed by atoms with Gasteiger partial charge in [0.2, 0.25) is 0 Å². The van der Waals surface area contributed by atoms with Crippen LogP contribution in [0.4, 0.5) is 0 Å². The van der Waals surface area contributed by atoms with Crippen molar-refractivity contribution in [1.82, 2.24) is 5.32 Å². The standard InChI is InChI=1S/C14H21NO3/c1-17-9-5-8-15-11-13-7-4-3-6-12(13)10-14(16)18-2/h3-4,6-7,15H,5,8-11H2,1-2H3. The molecule has 4 heteroatoms. The van der Waals surface area contributed by atoms with Gasteiger partial charge in [0.15, 0.2) is 0 Å². The molecule has 0 atom stereocenters. The number of carbonyl (C=O) groups excluding carboxylic acids is 1. The summed E-state index contributed by atoms with van der Waals surface area (Å²) in [5.41, 5.74) is 2.16.